The highest BCUT2D eigenvalue weighted by molar-refractivity contribution is 14.1. The number of unbranched alkanes of at least 4 members (excludes halogenated alkanes) is 1. The predicted octanol–water partition coefficient (Wildman–Crippen LogP) is 4.01. The normalized spacial score (nSPS) is 10.1. The molecule has 0 unspecified atom stereocenters. The van der Waals surface area contributed by atoms with Gasteiger partial charge in [0.25, 0.3) is 0 Å². The summed E-state index contributed by atoms with van der Waals surface area (Å²) in [6.07, 6.45) is 1.94. The molecule has 0 N–H and O–H groups in total. The zero-order valence-corrected chi connectivity index (χ0v) is 12.2. The second-order valence-electron chi connectivity index (χ2n) is 3.11. The maximum absolute atomic E-state index is 11.6. The summed E-state index contributed by atoms with van der Waals surface area (Å²) in [6.45, 7) is 2.56. The molecule has 0 aliphatic rings. The van der Waals surface area contributed by atoms with E-state index >= 15 is 0 Å². The highest BCUT2D eigenvalue weighted by Gasteiger charge is 2.11. The van der Waals surface area contributed by atoms with Crippen LogP contribution in [0, 0.1) is 3.57 Å². The van der Waals surface area contributed by atoms with Crippen molar-refractivity contribution in [3.8, 4) is 0 Å². The van der Waals surface area contributed by atoms with Crippen LogP contribution in [0.3, 0.4) is 0 Å². The quantitative estimate of drug-likeness (QED) is 0.446. The number of carbonyl (C=O) groups excluding carboxylic acids is 1. The molecule has 0 saturated heterocycles. The number of benzene rings is 1. The number of rotatable bonds is 4. The van der Waals surface area contributed by atoms with Crippen molar-refractivity contribution in [1.82, 2.24) is 0 Å². The molecule has 2 nitrogen and oxygen atoms in total. The van der Waals surface area contributed by atoms with Gasteiger partial charge in [-0.3, -0.25) is 0 Å². The summed E-state index contributed by atoms with van der Waals surface area (Å²) in [5.74, 6) is -0.242. The second kappa shape index (κ2) is 6.48. The molecule has 1 aromatic carbocycles. The van der Waals surface area contributed by atoms with Gasteiger partial charge in [-0.05, 0) is 47.2 Å². The van der Waals surface area contributed by atoms with E-state index < -0.39 is 0 Å². The second-order valence-corrected chi connectivity index (χ2v) is 5.19. The Bertz CT molecular complexity index is 352. The summed E-state index contributed by atoms with van der Waals surface area (Å²) >= 11 is 5.47. The Kier molecular flexibility index (Phi) is 5.60. The third-order valence-corrected chi connectivity index (χ3v) is 3.31. The SMILES string of the molecule is CCCCOC(=O)c1cc(Br)ccc1I. The molecule has 0 atom stereocenters. The molecule has 0 amide bonds. The van der Waals surface area contributed by atoms with Crippen LogP contribution in [0.2, 0.25) is 0 Å². The van der Waals surface area contributed by atoms with Crippen LogP contribution in [-0.2, 0) is 4.74 Å². The fraction of sp³-hybridized carbons (Fsp3) is 0.364. The van der Waals surface area contributed by atoms with E-state index in [0.717, 1.165) is 20.9 Å². The first-order valence-electron chi connectivity index (χ1n) is 4.77. The molecule has 0 aliphatic heterocycles. The van der Waals surface area contributed by atoms with E-state index in [1.807, 2.05) is 12.1 Å². The average molecular weight is 383 g/mol. The van der Waals surface area contributed by atoms with Crippen molar-refractivity contribution >= 4 is 44.5 Å². The van der Waals surface area contributed by atoms with Crippen LogP contribution in [0.4, 0.5) is 0 Å². The van der Waals surface area contributed by atoms with Crippen molar-refractivity contribution < 1.29 is 9.53 Å². The first kappa shape index (κ1) is 13.0. The van der Waals surface area contributed by atoms with Crippen LogP contribution >= 0.6 is 38.5 Å². The van der Waals surface area contributed by atoms with Crippen molar-refractivity contribution in [3.63, 3.8) is 0 Å². The molecule has 0 fully saturated rings. The first-order chi connectivity index (χ1) is 7.15. The lowest BCUT2D eigenvalue weighted by atomic mass is 10.2. The smallest absolute Gasteiger partial charge is 0.339 e. The minimum Gasteiger partial charge on any atom is -0.462 e. The maximum atomic E-state index is 11.6. The van der Waals surface area contributed by atoms with E-state index in [1.165, 1.54) is 0 Å². The van der Waals surface area contributed by atoms with Gasteiger partial charge in [0.15, 0.2) is 0 Å². The van der Waals surface area contributed by atoms with Gasteiger partial charge in [0.2, 0.25) is 0 Å². The molecule has 82 valence electrons. The van der Waals surface area contributed by atoms with Gasteiger partial charge < -0.3 is 4.74 Å². The van der Waals surface area contributed by atoms with Gasteiger partial charge in [-0.1, -0.05) is 29.3 Å². The van der Waals surface area contributed by atoms with E-state index in [4.69, 9.17) is 4.74 Å². The van der Waals surface area contributed by atoms with Crippen LogP contribution in [0.25, 0.3) is 0 Å². The molecule has 1 rings (SSSR count). The van der Waals surface area contributed by atoms with Gasteiger partial charge in [-0.15, -0.1) is 0 Å². The third-order valence-electron chi connectivity index (χ3n) is 1.88. The number of carbonyl (C=O) groups is 1. The number of halogens is 2. The highest BCUT2D eigenvalue weighted by atomic mass is 127. The maximum Gasteiger partial charge on any atom is 0.339 e. The molecule has 0 aromatic heterocycles. The number of ether oxygens (including phenoxy) is 1. The average Bonchev–Trinajstić information content (AvgIpc) is 2.22. The molecule has 4 heteroatoms. The summed E-state index contributed by atoms with van der Waals surface area (Å²) in [5, 5.41) is 0. The zero-order valence-electron chi connectivity index (χ0n) is 8.43. The van der Waals surface area contributed by atoms with Crippen LogP contribution in [0.1, 0.15) is 30.1 Å². The Labute approximate surface area is 112 Å². The lowest BCUT2D eigenvalue weighted by Crippen LogP contribution is -2.08. The van der Waals surface area contributed by atoms with E-state index in [0.29, 0.717) is 12.2 Å². The van der Waals surface area contributed by atoms with Gasteiger partial charge in [0.1, 0.15) is 0 Å². The van der Waals surface area contributed by atoms with Crippen molar-refractivity contribution in [2.45, 2.75) is 19.8 Å². The van der Waals surface area contributed by atoms with Gasteiger partial charge in [-0.2, -0.15) is 0 Å². The van der Waals surface area contributed by atoms with Crippen molar-refractivity contribution in [1.29, 1.82) is 0 Å². The Hall–Kier alpha value is -0.100. The van der Waals surface area contributed by atoms with Crippen LogP contribution in [0.15, 0.2) is 22.7 Å². The number of esters is 1. The van der Waals surface area contributed by atoms with E-state index in [-0.39, 0.29) is 5.97 Å². The van der Waals surface area contributed by atoms with Crippen LogP contribution in [-0.4, -0.2) is 12.6 Å². The molecule has 0 heterocycles. The Morgan fingerprint density at radius 3 is 2.93 bits per heavy atom. The lowest BCUT2D eigenvalue weighted by molar-refractivity contribution is 0.0498. The van der Waals surface area contributed by atoms with Crippen LogP contribution in [0.5, 0.6) is 0 Å². The van der Waals surface area contributed by atoms with E-state index in [2.05, 4.69) is 45.4 Å². The minimum absolute atomic E-state index is 0.242. The fourth-order valence-electron chi connectivity index (χ4n) is 1.04. The van der Waals surface area contributed by atoms with Crippen molar-refractivity contribution in [2.75, 3.05) is 6.61 Å². The molecule has 1 aromatic rings. The molecule has 0 bridgehead atoms. The van der Waals surface area contributed by atoms with Crippen LogP contribution < -0.4 is 0 Å². The zero-order chi connectivity index (χ0) is 11.3. The summed E-state index contributed by atoms with van der Waals surface area (Å²) in [7, 11) is 0. The third kappa shape index (κ3) is 4.10. The molecule has 0 aliphatic carbocycles. The lowest BCUT2D eigenvalue weighted by Gasteiger charge is -2.05. The van der Waals surface area contributed by atoms with E-state index in [9.17, 15) is 4.79 Å². The Morgan fingerprint density at radius 2 is 2.27 bits per heavy atom. The van der Waals surface area contributed by atoms with E-state index in [1.54, 1.807) is 6.07 Å². The summed E-state index contributed by atoms with van der Waals surface area (Å²) < 4.78 is 6.95. The number of hydrogen-bond acceptors (Lipinski definition) is 2. The fourth-order valence-corrected chi connectivity index (χ4v) is 1.96. The van der Waals surface area contributed by atoms with Crippen molar-refractivity contribution in [3.05, 3.63) is 31.8 Å². The van der Waals surface area contributed by atoms with Gasteiger partial charge >= 0.3 is 5.97 Å². The molecular weight excluding hydrogens is 371 g/mol. The summed E-state index contributed by atoms with van der Waals surface area (Å²) in [4.78, 5) is 11.6. The largest absolute Gasteiger partial charge is 0.462 e. The summed E-state index contributed by atoms with van der Waals surface area (Å²) in [6, 6.07) is 5.59. The Morgan fingerprint density at radius 1 is 1.53 bits per heavy atom. The van der Waals surface area contributed by atoms with Crippen molar-refractivity contribution in [2.24, 2.45) is 0 Å². The molecule has 0 radical (unpaired) electrons. The molecule has 0 saturated carbocycles. The highest BCUT2D eigenvalue weighted by Crippen LogP contribution is 2.19. The topological polar surface area (TPSA) is 26.3 Å². The monoisotopic (exact) mass is 382 g/mol. The van der Waals surface area contributed by atoms with Gasteiger partial charge in [0, 0.05) is 8.04 Å². The number of hydrogen-bond donors (Lipinski definition) is 0. The predicted molar refractivity (Wildman–Crippen MR) is 72.0 cm³/mol. The van der Waals surface area contributed by atoms with Gasteiger partial charge in [-0.25, -0.2) is 4.79 Å². The molecular formula is C11H12BrIO2. The molecule has 0 spiro atoms. The minimum atomic E-state index is -0.242. The Balaban J connectivity index is 2.68. The standard InChI is InChI=1S/C11H12BrIO2/c1-2-3-6-15-11(14)9-7-8(12)4-5-10(9)13/h4-5,7H,2-3,6H2,1H3. The summed E-state index contributed by atoms with van der Waals surface area (Å²) in [5.41, 5.74) is 0.626. The molecule has 15 heavy (non-hydrogen) atoms. The van der Waals surface area contributed by atoms with Gasteiger partial charge in [0.05, 0.1) is 12.2 Å². The first-order valence-corrected chi connectivity index (χ1v) is 6.64.